The highest BCUT2D eigenvalue weighted by molar-refractivity contribution is 5.89. The van der Waals surface area contributed by atoms with Crippen LogP contribution >= 0.6 is 0 Å². The van der Waals surface area contributed by atoms with Crippen molar-refractivity contribution in [3.05, 3.63) is 83.3 Å². The number of nitrogens with one attached hydrogen (secondary N) is 1. The number of carbonyl (C=O) groups is 1. The minimum absolute atomic E-state index is 0.345. The van der Waals surface area contributed by atoms with Crippen molar-refractivity contribution in [2.75, 3.05) is 19.5 Å². The predicted octanol–water partition coefficient (Wildman–Crippen LogP) is 7.11. The van der Waals surface area contributed by atoms with Gasteiger partial charge in [0.05, 0.1) is 19.7 Å². The largest absolute Gasteiger partial charge is 0.493 e. The summed E-state index contributed by atoms with van der Waals surface area (Å²) in [6.45, 7) is 5.53. The van der Waals surface area contributed by atoms with Gasteiger partial charge in [-0.1, -0.05) is 12.1 Å². The molecule has 0 aliphatic rings. The summed E-state index contributed by atoms with van der Waals surface area (Å²) in [5.74, 6) is 2.05. The van der Waals surface area contributed by atoms with Gasteiger partial charge in [-0.05, 0) is 73.9 Å². The molecule has 0 spiro atoms. The van der Waals surface area contributed by atoms with Gasteiger partial charge in [0.25, 0.3) is 0 Å². The van der Waals surface area contributed by atoms with Gasteiger partial charge in [0, 0.05) is 23.3 Å². The lowest BCUT2D eigenvalue weighted by Gasteiger charge is -2.18. The molecule has 1 amide bonds. The van der Waals surface area contributed by atoms with E-state index in [2.05, 4.69) is 10.3 Å². The minimum atomic E-state index is -0.607. The van der Waals surface area contributed by atoms with Crippen LogP contribution in [0.25, 0.3) is 10.9 Å². The number of fused-ring (bicyclic) bond motifs is 1. The first-order chi connectivity index (χ1) is 17.3. The van der Waals surface area contributed by atoms with Gasteiger partial charge in [0.15, 0.2) is 11.5 Å². The number of aromatic nitrogens is 1. The standard InChI is InChI=1S/C28H27FN2O5/c1-16-17(2)24(36-25-12-13-30-23-15-27(34-5)26(33-4)14-21(23)25)11-10-22(16)31-28(32)35-18(3)19-6-8-20(29)9-7-19/h6-15,18H,1-5H3,(H,31,32). The molecule has 0 aliphatic heterocycles. The maximum Gasteiger partial charge on any atom is 0.412 e. The average Bonchev–Trinajstić information content (AvgIpc) is 2.88. The van der Waals surface area contributed by atoms with E-state index in [1.165, 1.54) is 12.1 Å². The minimum Gasteiger partial charge on any atom is -0.493 e. The normalized spacial score (nSPS) is 11.6. The van der Waals surface area contributed by atoms with Gasteiger partial charge in [0.2, 0.25) is 0 Å². The molecule has 0 saturated heterocycles. The van der Waals surface area contributed by atoms with Crippen molar-refractivity contribution in [3.63, 3.8) is 0 Å². The van der Waals surface area contributed by atoms with Gasteiger partial charge in [-0.3, -0.25) is 10.3 Å². The zero-order valence-electron chi connectivity index (χ0n) is 20.7. The van der Waals surface area contributed by atoms with Gasteiger partial charge < -0.3 is 18.9 Å². The van der Waals surface area contributed by atoms with E-state index in [1.54, 1.807) is 63.7 Å². The molecule has 1 heterocycles. The van der Waals surface area contributed by atoms with Crippen LogP contribution in [0.1, 0.15) is 29.7 Å². The SMILES string of the molecule is COc1cc2nccc(Oc3ccc(NC(=O)OC(C)c4ccc(F)cc4)c(C)c3C)c2cc1OC. The topological polar surface area (TPSA) is 78.9 Å². The number of methoxy groups -OCH3 is 2. The number of anilines is 1. The number of nitrogens with zero attached hydrogens (tertiary/aromatic N) is 1. The summed E-state index contributed by atoms with van der Waals surface area (Å²) < 4.78 is 35.7. The maximum absolute atomic E-state index is 13.2. The van der Waals surface area contributed by atoms with Crippen LogP contribution in [0.5, 0.6) is 23.0 Å². The van der Waals surface area contributed by atoms with Crippen LogP contribution in [0.3, 0.4) is 0 Å². The molecule has 1 unspecified atom stereocenters. The fraction of sp³-hybridized carbons (Fsp3) is 0.214. The van der Waals surface area contributed by atoms with Crippen molar-refractivity contribution in [2.45, 2.75) is 26.9 Å². The highest BCUT2D eigenvalue weighted by Gasteiger charge is 2.16. The number of rotatable bonds is 7. The molecule has 0 aliphatic carbocycles. The van der Waals surface area contributed by atoms with Crippen molar-refractivity contribution < 1.29 is 28.1 Å². The molecule has 36 heavy (non-hydrogen) atoms. The third-order valence-electron chi connectivity index (χ3n) is 6.02. The van der Waals surface area contributed by atoms with E-state index < -0.39 is 12.2 Å². The second kappa shape index (κ2) is 10.5. The summed E-state index contributed by atoms with van der Waals surface area (Å²) in [4.78, 5) is 16.9. The fourth-order valence-corrected chi connectivity index (χ4v) is 3.80. The molecule has 0 bridgehead atoms. The molecule has 186 valence electrons. The number of benzene rings is 3. The molecular formula is C28H27FN2O5. The highest BCUT2D eigenvalue weighted by Crippen LogP contribution is 2.38. The molecule has 1 aromatic heterocycles. The zero-order chi connectivity index (χ0) is 25.8. The summed E-state index contributed by atoms with van der Waals surface area (Å²) >= 11 is 0. The summed E-state index contributed by atoms with van der Waals surface area (Å²) in [5.41, 5.74) is 3.68. The number of carbonyl (C=O) groups excluding carboxylic acids is 1. The van der Waals surface area contributed by atoms with Crippen LogP contribution < -0.4 is 19.5 Å². The van der Waals surface area contributed by atoms with Gasteiger partial charge in [-0.25, -0.2) is 9.18 Å². The Morgan fingerprint density at radius 3 is 2.28 bits per heavy atom. The van der Waals surface area contributed by atoms with Crippen molar-refractivity contribution in [3.8, 4) is 23.0 Å². The molecule has 0 fully saturated rings. The Labute approximate surface area is 208 Å². The molecular weight excluding hydrogens is 463 g/mol. The Morgan fingerprint density at radius 2 is 1.58 bits per heavy atom. The highest BCUT2D eigenvalue weighted by atomic mass is 19.1. The number of halogens is 1. The van der Waals surface area contributed by atoms with Crippen LogP contribution in [-0.4, -0.2) is 25.3 Å². The number of ether oxygens (including phenoxy) is 4. The van der Waals surface area contributed by atoms with Gasteiger partial charge >= 0.3 is 6.09 Å². The molecule has 1 N–H and O–H groups in total. The lowest BCUT2D eigenvalue weighted by molar-refractivity contribution is 0.121. The monoisotopic (exact) mass is 490 g/mol. The molecule has 4 rings (SSSR count). The lowest BCUT2D eigenvalue weighted by atomic mass is 10.1. The lowest BCUT2D eigenvalue weighted by Crippen LogP contribution is -2.17. The van der Waals surface area contributed by atoms with Gasteiger partial charge in [-0.15, -0.1) is 0 Å². The molecule has 3 aromatic carbocycles. The van der Waals surface area contributed by atoms with Crippen LogP contribution in [0.2, 0.25) is 0 Å². The maximum atomic E-state index is 13.2. The van der Waals surface area contributed by atoms with E-state index in [9.17, 15) is 9.18 Å². The summed E-state index contributed by atoms with van der Waals surface area (Å²) in [5, 5.41) is 3.55. The first-order valence-corrected chi connectivity index (χ1v) is 11.3. The Hall–Kier alpha value is -4.33. The van der Waals surface area contributed by atoms with E-state index in [1.807, 2.05) is 19.9 Å². The third kappa shape index (κ3) is 5.17. The van der Waals surface area contributed by atoms with E-state index in [4.69, 9.17) is 18.9 Å². The van der Waals surface area contributed by atoms with E-state index in [0.29, 0.717) is 39.8 Å². The predicted molar refractivity (Wildman–Crippen MR) is 136 cm³/mol. The quantitative estimate of drug-likeness (QED) is 0.297. The second-order valence-corrected chi connectivity index (χ2v) is 8.22. The first-order valence-electron chi connectivity index (χ1n) is 11.3. The van der Waals surface area contributed by atoms with Crippen LogP contribution in [-0.2, 0) is 4.74 Å². The summed E-state index contributed by atoms with van der Waals surface area (Å²) in [6.07, 6.45) is 0.523. The molecule has 7 nitrogen and oxygen atoms in total. The average molecular weight is 491 g/mol. The third-order valence-corrected chi connectivity index (χ3v) is 6.02. The Morgan fingerprint density at radius 1 is 0.889 bits per heavy atom. The van der Waals surface area contributed by atoms with Gasteiger partial charge in [0.1, 0.15) is 23.4 Å². The molecule has 8 heteroatoms. The van der Waals surface area contributed by atoms with Crippen molar-refractivity contribution in [2.24, 2.45) is 0 Å². The first kappa shape index (κ1) is 24.8. The Balaban J connectivity index is 1.53. The van der Waals surface area contributed by atoms with Crippen LogP contribution in [0.4, 0.5) is 14.9 Å². The molecule has 0 saturated carbocycles. The number of pyridine rings is 1. The van der Waals surface area contributed by atoms with Crippen molar-refractivity contribution in [1.82, 2.24) is 4.98 Å². The van der Waals surface area contributed by atoms with Gasteiger partial charge in [-0.2, -0.15) is 0 Å². The zero-order valence-corrected chi connectivity index (χ0v) is 20.7. The van der Waals surface area contributed by atoms with Crippen LogP contribution in [0, 0.1) is 19.7 Å². The van der Waals surface area contributed by atoms with E-state index >= 15 is 0 Å². The molecule has 1 atom stereocenters. The number of hydrogen-bond acceptors (Lipinski definition) is 6. The molecule has 0 radical (unpaired) electrons. The Kier molecular flexibility index (Phi) is 7.24. The Bertz CT molecular complexity index is 1410. The summed E-state index contributed by atoms with van der Waals surface area (Å²) in [6, 6.07) is 14.8. The summed E-state index contributed by atoms with van der Waals surface area (Å²) in [7, 11) is 3.15. The second-order valence-electron chi connectivity index (χ2n) is 8.22. The van der Waals surface area contributed by atoms with Crippen molar-refractivity contribution >= 4 is 22.7 Å². The van der Waals surface area contributed by atoms with E-state index in [0.717, 1.165) is 16.5 Å². The van der Waals surface area contributed by atoms with Crippen LogP contribution in [0.15, 0.2) is 60.8 Å². The molecule has 4 aromatic rings. The van der Waals surface area contributed by atoms with Crippen molar-refractivity contribution in [1.29, 1.82) is 0 Å². The van der Waals surface area contributed by atoms with E-state index in [-0.39, 0.29) is 5.82 Å². The smallest absolute Gasteiger partial charge is 0.412 e. The fourth-order valence-electron chi connectivity index (χ4n) is 3.80. The number of hydrogen-bond donors (Lipinski definition) is 1. The number of amides is 1.